The van der Waals surface area contributed by atoms with E-state index in [2.05, 4.69) is 5.32 Å². The molecule has 0 spiro atoms. The van der Waals surface area contributed by atoms with Crippen molar-refractivity contribution >= 4 is 29.3 Å². The smallest absolute Gasteiger partial charge is 0.414 e. The largest absolute Gasteiger partial charge is 0.442 e. The van der Waals surface area contributed by atoms with Gasteiger partial charge in [-0.2, -0.15) is 0 Å². The summed E-state index contributed by atoms with van der Waals surface area (Å²) in [5.41, 5.74) is 1.27. The van der Waals surface area contributed by atoms with E-state index in [0.29, 0.717) is 10.7 Å². The average molecular weight is 363 g/mol. The summed E-state index contributed by atoms with van der Waals surface area (Å²) in [4.78, 5) is 25.3. The van der Waals surface area contributed by atoms with Crippen LogP contribution in [0.4, 0.5) is 14.9 Å². The van der Waals surface area contributed by atoms with E-state index in [1.165, 1.54) is 23.1 Å². The van der Waals surface area contributed by atoms with Crippen LogP contribution in [0.3, 0.4) is 0 Å². The van der Waals surface area contributed by atoms with Crippen LogP contribution in [0.25, 0.3) is 0 Å². The summed E-state index contributed by atoms with van der Waals surface area (Å²) in [6.07, 6.45) is -0.821. The molecule has 2 aromatic carbocycles. The Bertz CT molecular complexity index is 782. The molecular formula is C18H16ClFN2O3. The van der Waals surface area contributed by atoms with Crippen molar-refractivity contribution in [3.63, 3.8) is 0 Å². The number of rotatable bonds is 5. The molecule has 3 rings (SSSR count). The van der Waals surface area contributed by atoms with Crippen LogP contribution in [0.1, 0.15) is 5.56 Å². The van der Waals surface area contributed by atoms with E-state index in [9.17, 15) is 14.0 Å². The van der Waals surface area contributed by atoms with E-state index < -0.39 is 18.0 Å². The second kappa shape index (κ2) is 7.53. The monoisotopic (exact) mass is 362 g/mol. The lowest BCUT2D eigenvalue weighted by molar-refractivity contribution is -0.120. The minimum atomic E-state index is -0.553. The Morgan fingerprint density at radius 1 is 1.28 bits per heavy atom. The number of halogens is 2. The van der Waals surface area contributed by atoms with Crippen molar-refractivity contribution < 1.29 is 18.7 Å². The number of anilines is 1. The molecule has 1 unspecified atom stereocenters. The summed E-state index contributed by atoms with van der Waals surface area (Å²) >= 11 is 5.81. The normalized spacial score (nSPS) is 16.6. The van der Waals surface area contributed by atoms with Gasteiger partial charge in [0, 0.05) is 5.02 Å². The maximum Gasteiger partial charge on any atom is 0.414 e. The maximum atomic E-state index is 13.3. The number of nitrogens with one attached hydrogen (secondary N) is 1. The van der Waals surface area contributed by atoms with Gasteiger partial charge in [0.15, 0.2) is 0 Å². The molecule has 0 aromatic heterocycles. The Morgan fingerprint density at radius 3 is 2.76 bits per heavy atom. The summed E-state index contributed by atoms with van der Waals surface area (Å²) in [7, 11) is 0. The fourth-order valence-corrected chi connectivity index (χ4v) is 2.69. The first-order chi connectivity index (χ1) is 12.0. The number of nitrogens with zero attached hydrogens (tertiary/aromatic N) is 1. The molecule has 1 atom stereocenters. The molecule has 1 fully saturated rings. The highest BCUT2D eigenvalue weighted by atomic mass is 35.5. The van der Waals surface area contributed by atoms with Crippen molar-refractivity contribution in [2.75, 3.05) is 18.0 Å². The third-order valence-electron chi connectivity index (χ3n) is 3.80. The van der Waals surface area contributed by atoms with Gasteiger partial charge in [-0.15, -0.1) is 0 Å². The zero-order valence-corrected chi connectivity index (χ0v) is 14.0. The number of carbonyl (C=O) groups excluding carboxylic acids is 2. The second-order valence-electron chi connectivity index (χ2n) is 5.70. The van der Waals surface area contributed by atoms with Gasteiger partial charge in [-0.3, -0.25) is 9.69 Å². The number of hydrogen-bond donors (Lipinski definition) is 1. The van der Waals surface area contributed by atoms with Crippen molar-refractivity contribution in [1.82, 2.24) is 5.32 Å². The van der Waals surface area contributed by atoms with Gasteiger partial charge >= 0.3 is 6.09 Å². The molecule has 2 amide bonds. The van der Waals surface area contributed by atoms with Gasteiger partial charge in [0.05, 0.1) is 25.2 Å². The van der Waals surface area contributed by atoms with Crippen LogP contribution in [0.5, 0.6) is 0 Å². The molecule has 2 aromatic rings. The SMILES string of the molecule is O=C(Cc1ccc(Cl)cc1)NCC1CN(c2cccc(F)c2)C(=O)O1. The maximum absolute atomic E-state index is 13.3. The number of benzene rings is 2. The molecule has 1 heterocycles. The fraction of sp³-hybridized carbons (Fsp3) is 0.222. The highest BCUT2D eigenvalue weighted by molar-refractivity contribution is 6.30. The molecule has 130 valence electrons. The summed E-state index contributed by atoms with van der Waals surface area (Å²) < 4.78 is 18.5. The van der Waals surface area contributed by atoms with Crippen molar-refractivity contribution in [3.05, 3.63) is 64.9 Å². The molecule has 0 saturated carbocycles. The Morgan fingerprint density at radius 2 is 2.04 bits per heavy atom. The Labute approximate surface area is 149 Å². The van der Waals surface area contributed by atoms with Gasteiger partial charge in [0.2, 0.25) is 5.91 Å². The number of amides is 2. The first kappa shape index (κ1) is 17.2. The zero-order valence-electron chi connectivity index (χ0n) is 13.2. The molecule has 0 radical (unpaired) electrons. The summed E-state index contributed by atoms with van der Waals surface area (Å²) in [6.45, 7) is 0.452. The zero-order chi connectivity index (χ0) is 17.8. The Hall–Kier alpha value is -2.60. The molecule has 1 saturated heterocycles. The van der Waals surface area contributed by atoms with Crippen molar-refractivity contribution in [2.45, 2.75) is 12.5 Å². The molecule has 7 heteroatoms. The van der Waals surface area contributed by atoms with E-state index in [4.69, 9.17) is 16.3 Å². The standard InChI is InChI=1S/C18H16ClFN2O3/c19-13-6-4-12(5-7-13)8-17(23)21-10-16-11-22(18(24)25-16)15-3-1-2-14(20)9-15/h1-7,9,16H,8,10-11H2,(H,21,23). The molecule has 0 bridgehead atoms. The quantitative estimate of drug-likeness (QED) is 0.888. The highest BCUT2D eigenvalue weighted by Gasteiger charge is 2.32. The molecule has 1 aliphatic rings. The lowest BCUT2D eigenvalue weighted by Crippen LogP contribution is -2.35. The van der Waals surface area contributed by atoms with Gasteiger partial charge < -0.3 is 10.1 Å². The van der Waals surface area contributed by atoms with Crippen molar-refractivity contribution in [2.24, 2.45) is 0 Å². The van der Waals surface area contributed by atoms with E-state index >= 15 is 0 Å². The summed E-state index contributed by atoms with van der Waals surface area (Å²) in [5, 5.41) is 3.35. The number of hydrogen-bond acceptors (Lipinski definition) is 3. The van der Waals surface area contributed by atoms with Gasteiger partial charge in [0.25, 0.3) is 0 Å². The lowest BCUT2D eigenvalue weighted by atomic mass is 10.1. The molecule has 5 nitrogen and oxygen atoms in total. The van der Waals surface area contributed by atoms with Crippen LogP contribution < -0.4 is 10.2 Å². The van der Waals surface area contributed by atoms with E-state index in [1.54, 1.807) is 30.3 Å². The predicted octanol–water partition coefficient (Wildman–Crippen LogP) is 3.16. The van der Waals surface area contributed by atoms with Crippen LogP contribution in [0.15, 0.2) is 48.5 Å². The van der Waals surface area contributed by atoms with Gasteiger partial charge in [-0.1, -0.05) is 29.8 Å². The lowest BCUT2D eigenvalue weighted by Gasteiger charge is -2.13. The third kappa shape index (κ3) is 4.48. The average Bonchev–Trinajstić information content (AvgIpc) is 2.96. The second-order valence-corrected chi connectivity index (χ2v) is 6.14. The first-order valence-corrected chi connectivity index (χ1v) is 8.14. The van der Waals surface area contributed by atoms with Gasteiger partial charge in [-0.05, 0) is 35.9 Å². The summed E-state index contributed by atoms with van der Waals surface area (Å²) in [5.74, 6) is -0.604. The third-order valence-corrected chi connectivity index (χ3v) is 4.05. The predicted molar refractivity (Wildman–Crippen MR) is 92.2 cm³/mol. The number of ether oxygens (including phenoxy) is 1. The molecule has 0 aliphatic carbocycles. The van der Waals surface area contributed by atoms with Gasteiger partial charge in [0.1, 0.15) is 11.9 Å². The van der Waals surface area contributed by atoms with Crippen LogP contribution in [0, 0.1) is 5.82 Å². The van der Waals surface area contributed by atoms with Crippen LogP contribution >= 0.6 is 11.6 Å². The van der Waals surface area contributed by atoms with Crippen LogP contribution in [0.2, 0.25) is 5.02 Å². The van der Waals surface area contributed by atoms with E-state index in [1.807, 2.05) is 0 Å². The van der Waals surface area contributed by atoms with E-state index in [0.717, 1.165) is 5.56 Å². The van der Waals surface area contributed by atoms with E-state index in [-0.39, 0.29) is 25.4 Å². The molecule has 1 aliphatic heterocycles. The van der Waals surface area contributed by atoms with Crippen LogP contribution in [-0.2, 0) is 16.0 Å². The molecule has 25 heavy (non-hydrogen) atoms. The molecule has 1 N–H and O–H groups in total. The minimum Gasteiger partial charge on any atom is -0.442 e. The van der Waals surface area contributed by atoms with Crippen molar-refractivity contribution in [1.29, 1.82) is 0 Å². The van der Waals surface area contributed by atoms with Crippen LogP contribution in [-0.4, -0.2) is 31.2 Å². The number of carbonyl (C=O) groups is 2. The topological polar surface area (TPSA) is 58.6 Å². The fourth-order valence-electron chi connectivity index (χ4n) is 2.56. The van der Waals surface area contributed by atoms with Gasteiger partial charge in [-0.25, -0.2) is 9.18 Å². The summed E-state index contributed by atoms with van der Waals surface area (Å²) in [6, 6.07) is 12.7. The Kier molecular flexibility index (Phi) is 5.19. The first-order valence-electron chi connectivity index (χ1n) is 7.76. The minimum absolute atomic E-state index is 0.178. The highest BCUT2D eigenvalue weighted by Crippen LogP contribution is 2.22. The number of cyclic esters (lactones) is 1. The molecular weight excluding hydrogens is 347 g/mol. The Balaban J connectivity index is 1.51. The van der Waals surface area contributed by atoms with Crippen molar-refractivity contribution in [3.8, 4) is 0 Å².